The number of hydrogen-bond acceptors (Lipinski definition) is 3. The van der Waals surface area contributed by atoms with Crippen molar-refractivity contribution >= 4 is 0 Å². The van der Waals surface area contributed by atoms with E-state index in [0.717, 1.165) is 32.5 Å². The Bertz CT molecular complexity index is 419. The van der Waals surface area contributed by atoms with Gasteiger partial charge in [0, 0.05) is 25.7 Å². The number of aliphatic hydroxyl groups excluding tert-OH is 1. The van der Waals surface area contributed by atoms with Crippen molar-refractivity contribution in [2.75, 3.05) is 26.2 Å². The van der Waals surface area contributed by atoms with Gasteiger partial charge in [-0.05, 0) is 49.3 Å². The van der Waals surface area contributed by atoms with Crippen molar-refractivity contribution in [3.8, 4) is 0 Å². The van der Waals surface area contributed by atoms with E-state index in [9.17, 15) is 0 Å². The minimum Gasteiger partial charge on any atom is -0.395 e. The summed E-state index contributed by atoms with van der Waals surface area (Å²) < 4.78 is 0. The summed E-state index contributed by atoms with van der Waals surface area (Å²) in [6.45, 7) is 7.27. The van der Waals surface area contributed by atoms with E-state index in [1.54, 1.807) is 0 Å². The monoisotopic (exact) mass is 262 g/mol. The van der Waals surface area contributed by atoms with Crippen LogP contribution < -0.4 is 5.73 Å². The number of β-amino-alcohol motifs (C(OH)–C–C–N with tert-alkyl or cyclic N) is 1. The van der Waals surface area contributed by atoms with Gasteiger partial charge in [-0.15, -0.1) is 0 Å². The van der Waals surface area contributed by atoms with Crippen molar-refractivity contribution in [1.29, 1.82) is 0 Å². The summed E-state index contributed by atoms with van der Waals surface area (Å²) in [5.41, 5.74) is 10.3. The van der Waals surface area contributed by atoms with E-state index in [2.05, 4.69) is 36.9 Å². The topological polar surface area (TPSA) is 49.5 Å². The van der Waals surface area contributed by atoms with Gasteiger partial charge in [-0.25, -0.2) is 0 Å². The van der Waals surface area contributed by atoms with Crippen LogP contribution in [0.4, 0.5) is 0 Å². The molecule has 0 aliphatic carbocycles. The standard InChI is InChI=1S/C16H26N2O/c1-12-3-4-14(7-13(12)2)8-15-9-16(17)11-18(10-15)5-6-19/h3-4,7,15-16,19H,5-6,8-11,17H2,1-2H3. The second-order valence-corrected chi connectivity index (χ2v) is 5.97. The molecule has 0 saturated carbocycles. The van der Waals surface area contributed by atoms with E-state index in [4.69, 9.17) is 10.8 Å². The Morgan fingerprint density at radius 1 is 1.26 bits per heavy atom. The van der Waals surface area contributed by atoms with Gasteiger partial charge in [-0.1, -0.05) is 18.2 Å². The van der Waals surface area contributed by atoms with Crippen LogP contribution >= 0.6 is 0 Å². The van der Waals surface area contributed by atoms with E-state index in [1.807, 2.05) is 0 Å². The van der Waals surface area contributed by atoms with E-state index < -0.39 is 0 Å². The average molecular weight is 262 g/mol. The quantitative estimate of drug-likeness (QED) is 0.864. The van der Waals surface area contributed by atoms with Crippen molar-refractivity contribution in [2.24, 2.45) is 11.7 Å². The summed E-state index contributed by atoms with van der Waals surface area (Å²) in [6, 6.07) is 6.99. The molecule has 1 aliphatic rings. The second-order valence-electron chi connectivity index (χ2n) is 5.97. The lowest BCUT2D eigenvalue weighted by Crippen LogP contribution is -2.48. The van der Waals surface area contributed by atoms with Crippen LogP contribution in [0.1, 0.15) is 23.1 Å². The molecule has 0 bridgehead atoms. The van der Waals surface area contributed by atoms with Crippen LogP contribution in [0.5, 0.6) is 0 Å². The molecule has 3 nitrogen and oxygen atoms in total. The fraction of sp³-hybridized carbons (Fsp3) is 0.625. The van der Waals surface area contributed by atoms with Gasteiger partial charge in [0.15, 0.2) is 0 Å². The number of likely N-dealkylation sites (tertiary alicyclic amines) is 1. The van der Waals surface area contributed by atoms with Crippen molar-refractivity contribution in [3.05, 3.63) is 34.9 Å². The van der Waals surface area contributed by atoms with Gasteiger partial charge >= 0.3 is 0 Å². The van der Waals surface area contributed by atoms with Gasteiger partial charge in [0.25, 0.3) is 0 Å². The van der Waals surface area contributed by atoms with Crippen LogP contribution in [0, 0.1) is 19.8 Å². The summed E-state index contributed by atoms with van der Waals surface area (Å²) in [7, 11) is 0. The lowest BCUT2D eigenvalue weighted by molar-refractivity contribution is 0.127. The molecule has 1 fully saturated rings. The zero-order chi connectivity index (χ0) is 13.8. The molecule has 106 valence electrons. The molecule has 2 unspecified atom stereocenters. The third-order valence-electron chi connectivity index (χ3n) is 4.16. The highest BCUT2D eigenvalue weighted by molar-refractivity contribution is 5.30. The second kappa shape index (κ2) is 6.51. The first-order valence-electron chi connectivity index (χ1n) is 7.23. The molecular weight excluding hydrogens is 236 g/mol. The molecule has 1 heterocycles. The molecule has 1 saturated heterocycles. The minimum atomic E-state index is 0.225. The van der Waals surface area contributed by atoms with Crippen LogP contribution in [-0.2, 0) is 6.42 Å². The lowest BCUT2D eigenvalue weighted by Gasteiger charge is -2.36. The Kier molecular flexibility index (Phi) is 4.97. The first-order valence-corrected chi connectivity index (χ1v) is 7.23. The van der Waals surface area contributed by atoms with Crippen LogP contribution in [0.3, 0.4) is 0 Å². The first-order chi connectivity index (χ1) is 9.08. The largest absolute Gasteiger partial charge is 0.395 e. The number of rotatable bonds is 4. The predicted octanol–water partition coefficient (Wildman–Crippen LogP) is 1.49. The molecule has 0 spiro atoms. The van der Waals surface area contributed by atoms with Gasteiger partial charge < -0.3 is 10.8 Å². The van der Waals surface area contributed by atoms with Gasteiger partial charge in [0.2, 0.25) is 0 Å². The van der Waals surface area contributed by atoms with Crippen molar-refractivity contribution < 1.29 is 5.11 Å². The number of piperidine rings is 1. The van der Waals surface area contributed by atoms with Gasteiger partial charge in [0.1, 0.15) is 0 Å². The molecule has 0 radical (unpaired) electrons. The first kappa shape index (κ1) is 14.5. The number of benzene rings is 1. The maximum atomic E-state index is 9.07. The normalized spacial score (nSPS) is 24.6. The minimum absolute atomic E-state index is 0.225. The molecule has 2 rings (SSSR count). The van der Waals surface area contributed by atoms with Crippen LogP contribution in [0.15, 0.2) is 18.2 Å². The molecule has 3 heteroatoms. The summed E-state index contributed by atoms with van der Waals surface area (Å²) >= 11 is 0. The van der Waals surface area contributed by atoms with Gasteiger partial charge in [-0.3, -0.25) is 4.90 Å². The Balaban J connectivity index is 1.99. The van der Waals surface area contributed by atoms with Crippen molar-refractivity contribution in [3.63, 3.8) is 0 Å². The highest BCUT2D eigenvalue weighted by Gasteiger charge is 2.24. The van der Waals surface area contributed by atoms with E-state index in [0.29, 0.717) is 5.92 Å². The smallest absolute Gasteiger partial charge is 0.0558 e. The van der Waals surface area contributed by atoms with Crippen molar-refractivity contribution in [2.45, 2.75) is 32.7 Å². The third-order valence-corrected chi connectivity index (χ3v) is 4.16. The maximum absolute atomic E-state index is 9.07. The molecule has 1 aromatic carbocycles. The third kappa shape index (κ3) is 4.03. The number of hydrogen-bond donors (Lipinski definition) is 2. The molecule has 3 N–H and O–H groups in total. The summed E-state index contributed by atoms with van der Waals surface area (Å²) in [5.74, 6) is 0.609. The van der Waals surface area contributed by atoms with Gasteiger partial charge in [0.05, 0.1) is 6.61 Å². The average Bonchev–Trinajstić information content (AvgIpc) is 2.33. The van der Waals surface area contributed by atoms with Crippen LogP contribution in [0.25, 0.3) is 0 Å². The zero-order valence-corrected chi connectivity index (χ0v) is 12.1. The molecular formula is C16H26N2O. The predicted molar refractivity (Wildman–Crippen MR) is 79.2 cm³/mol. The Morgan fingerprint density at radius 3 is 2.74 bits per heavy atom. The summed E-state index contributed by atoms with van der Waals surface area (Å²) in [5, 5.41) is 9.07. The maximum Gasteiger partial charge on any atom is 0.0558 e. The SMILES string of the molecule is Cc1ccc(CC2CC(N)CN(CCO)C2)cc1C. The fourth-order valence-corrected chi connectivity index (χ4v) is 3.08. The molecule has 1 aromatic rings. The van der Waals surface area contributed by atoms with E-state index in [-0.39, 0.29) is 12.6 Å². The number of aryl methyl sites for hydroxylation is 2. The zero-order valence-electron chi connectivity index (χ0n) is 12.1. The van der Waals surface area contributed by atoms with E-state index in [1.165, 1.54) is 16.7 Å². The summed E-state index contributed by atoms with van der Waals surface area (Å²) in [6.07, 6.45) is 2.19. The van der Waals surface area contributed by atoms with Crippen LogP contribution in [-0.4, -0.2) is 42.3 Å². The molecule has 2 atom stereocenters. The number of nitrogens with two attached hydrogens (primary N) is 1. The Hall–Kier alpha value is -0.900. The highest BCUT2D eigenvalue weighted by Crippen LogP contribution is 2.21. The Morgan fingerprint density at radius 2 is 2.05 bits per heavy atom. The summed E-state index contributed by atoms with van der Waals surface area (Å²) in [4.78, 5) is 2.29. The number of aliphatic hydroxyl groups is 1. The van der Waals surface area contributed by atoms with E-state index >= 15 is 0 Å². The lowest BCUT2D eigenvalue weighted by atomic mass is 9.88. The Labute approximate surface area is 116 Å². The van der Waals surface area contributed by atoms with Crippen LogP contribution in [0.2, 0.25) is 0 Å². The molecule has 1 aliphatic heterocycles. The van der Waals surface area contributed by atoms with Gasteiger partial charge in [-0.2, -0.15) is 0 Å². The molecule has 19 heavy (non-hydrogen) atoms. The molecule has 0 aromatic heterocycles. The molecule has 0 amide bonds. The highest BCUT2D eigenvalue weighted by atomic mass is 16.3. The van der Waals surface area contributed by atoms with Crippen molar-refractivity contribution in [1.82, 2.24) is 4.90 Å². The number of nitrogens with zero attached hydrogens (tertiary/aromatic N) is 1. The fourth-order valence-electron chi connectivity index (χ4n) is 3.08.